The van der Waals surface area contributed by atoms with Crippen molar-refractivity contribution in [3.05, 3.63) is 11.7 Å². The lowest BCUT2D eigenvalue weighted by Crippen LogP contribution is -2.49. The Bertz CT molecular complexity index is 502. The van der Waals surface area contributed by atoms with Gasteiger partial charge in [-0.1, -0.05) is 5.16 Å². The zero-order valence-corrected chi connectivity index (χ0v) is 14.1. The van der Waals surface area contributed by atoms with E-state index < -0.39 is 0 Å². The van der Waals surface area contributed by atoms with E-state index in [4.69, 9.17) is 9.26 Å². The van der Waals surface area contributed by atoms with Crippen LogP contribution in [-0.2, 0) is 4.74 Å². The van der Waals surface area contributed by atoms with Crippen molar-refractivity contribution in [1.29, 1.82) is 0 Å². The summed E-state index contributed by atoms with van der Waals surface area (Å²) in [6, 6.07) is 0.225. The van der Waals surface area contributed by atoms with Crippen molar-refractivity contribution in [2.75, 3.05) is 39.3 Å². The van der Waals surface area contributed by atoms with E-state index in [2.05, 4.69) is 26.9 Å². The largest absolute Gasteiger partial charge is 0.377 e. The first-order valence-electron chi connectivity index (χ1n) is 9.21. The summed E-state index contributed by atoms with van der Waals surface area (Å²) in [5.41, 5.74) is 0. The molecule has 1 aliphatic carbocycles. The maximum atomic E-state index is 5.87. The highest BCUT2D eigenvalue weighted by atomic mass is 16.5. The summed E-state index contributed by atoms with van der Waals surface area (Å²) in [4.78, 5) is 9.61. The summed E-state index contributed by atoms with van der Waals surface area (Å²) < 4.78 is 11.4. The molecule has 3 heterocycles. The first-order valence-corrected chi connectivity index (χ1v) is 9.21. The standard InChI is InChI=1S/C17H28N4O2/c1-13(17-18-16(19-23-17)14-5-6-14)21-9-7-20(8-10-21)12-15-4-2-3-11-22-15/h13-15H,2-12H2,1H3/t13-,15+/m1/s1. The molecule has 3 aliphatic rings. The van der Waals surface area contributed by atoms with Crippen molar-refractivity contribution in [2.24, 2.45) is 0 Å². The molecule has 6 heteroatoms. The second kappa shape index (κ2) is 6.87. The zero-order chi connectivity index (χ0) is 15.6. The van der Waals surface area contributed by atoms with E-state index in [9.17, 15) is 0 Å². The molecule has 4 rings (SSSR count). The SMILES string of the molecule is C[C@H](c1nc(C2CC2)no1)N1CCN(C[C@@H]2CCCCO2)CC1. The minimum Gasteiger partial charge on any atom is -0.377 e. The molecule has 1 aromatic heterocycles. The Morgan fingerprint density at radius 2 is 1.96 bits per heavy atom. The highest BCUT2D eigenvalue weighted by Gasteiger charge is 2.31. The van der Waals surface area contributed by atoms with Crippen LogP contribution in [-0.4, -0.2) is 65.4 Å². The van der Waals surface area contributed by atoms with E-state index in [0.29, 0.717) is 12.0 Å². The van der Waals surface area contributed by atoms with Crippen LogP contribution in [0.4, 0.5) is 0 Å². The van der Waals surface area contributed by atoms with Gasteiger partial charge in [-0.15, -0.1) is 0 Å². The van der Waals surface area contributed by atoms with Gasteiger partial charge in [0.05, 0.1) is 12.1 Å². The van der Waals surface area contributed by atoms with Gasteiger partial charge in [0.15, 0.2) is 5.82 Å². The van der Waals surface area contributed by atoms with Crippen molar-refractivity contribution in [3.8, 4) is 0 Å². The van der Waals surface area contributed by atoms with Crippen LogP contribution in [0.2, 0.25) is 0 Å². The van der Waals surface area contributed by atoms with Gasteiger partial charge in [-0.2, -0.15) is 4.98 Å². The number of ether oxygens (including phenoxy) is 1. The minimum atomic E-state index is 0.225. The van der Waals surface area contributed by atoms with Gasteiger partial charge in [0.2, 0.25) is 5.89 Å². The van der Waals surface area contributed by atoms with Crippen LogP contribution < -0.4 is 0 Å². The number of nitrogens with zero attached hydrogens (tertiary/aromatic N) is 4. The molecule has 0 N–H and O–H groups in total. The quantitative estimate of drug-likeness (QED) is 0.829. The molecular weight excluding hydrogens is 292 g/mol. The van der Waals surface area contributed by atoms with E-state index in [1.165, 1.54) is 32.1 Å². The van der Waals surface area contributed by atoms with Gasteiger partial charge in [-0.3, -0.25) is 9.80 Å². The van der Waals surface area contributed by atoms with Gasteiger partial charge >= 0.3 is 0 Å². The third kappa shape index (κ3) is 3.75. The summed E-state index contributed by atoms with van der Waals surface area (Å²) in [6.45, 7) is 8.56. The second-order valence-corrected chi connectivity index (χ2v) is 7.27. The molecule has 0 bridgehead atoms. The van der Waals surface area contributed by atoms with Crippen molar-refractivity contribution < 1.29 is 9.26 Å². The van der Waals surface area contributed by atoms with Crippen molar-refractivity contribution in [3.63, 3.8) is 0 Å². The first-order chi connectivity index (χ1) is 11.3. The molecule has 1 saturated carbocycles. The Morgan fingerprint density at radius 1 is 1.13 bits per heavy atom. The van der Waals surface area contributed by atoms with E-state index >= 15 is 0 Å². The Kier molecular flexibility index (Phi) is 4.64. The van der Waals surface area contributed by atoms with E-state index in [1.807, 2.05) is 0 Å². The molecule has 23 heavy (non-hydrogen) atoms. The Hall–Kier alpha value is -0.980. The van der Waals surface area contributed by atoms with Crippen molar-refractivity contribution >= 4 is 0 Å². The fourth-order valence-electron chi connectivity index (χ4n) is 3.65. The molecule has 0 spiro atoms. The lowest BCUT2D eigenvalue weighted by molar-refractivity contribution is -0.0175. The van der Waals surface area contributed by atoms with E-state index in [-0.39, 0.29) is 6.04 Å². The van der Waals surface area contributed by atoms with Crippen LogP contribution >= 0.6 is 0 Å². The minimum absolute atomic E-state index is 0.225. The van der Waals surface area contributed by atoms with E-state index in [0.717, 1.165) is 51.0 Å². The molecule has 1 aromatic rings. The van der Waals surface area contributed by atoms with Crippen LogP contribution in [0.3, 0.4) is 0 Å². The van der Waals surface area contributed by atoms with Crippen LogP contribution in [0.15, 0.2) is 4.52 Å². The molecule has 128 valence electrons. The zero-order valence-electron chi connectivity index (χ0n) is 14.1. The predicted molar refractivity (Wildman–Crippen MR) is 86.3 cm³/mol. The maximum Gasteiger partial charge on any atom is 0.243 e. The molecule has 3 fully saturated rings. The second-order valence-electron chi connectivity index (χ2n) is 7.27. The van der Waals surface area contributed by atoms with Gasteiger partial charge in [0.25, 0.3) is 0 Å². The highest BCUT2D eigenvalue weighted by Crippen LogP contribution is 2.38. The Labute approximate surface area is 138 Å². The summed E-state index contributed by atoms with van der Waals surface area (Å²) in [6.07, 6.45) is 6.66. The normalized spacial score (nSPS) is 28.8. The molecular formula is C17H28N4O2. The smallest absolute Gasteiger partial charge is 0.243 e. The van der Waals surface area contributed by atoms with Gasteiger partial charge in [0, 0.05) is 45.2 Å². The number of rotatable bonds is 5. The summed E-state index contributed by atoms with van der Waals surface area (Å²) in [7, 11) is 0. The summed E-state index contributed by atoms with van der Waals surface area (Å²) >= 11 is 0. The molecule has 2 atom stereocenters. The molecule has 0 radical (unpaired) electrons. The van der Waals surface area contributed by atoms with Crippen LogP contribution in [0.25, 0.3) is 0 Å². The van der Waals surface area contributed by atoms with Crippen LogP contribution in [0.5, 0.6) is 0 Å². The number of piperazine rings is 1. The number of hydrogen-bond acceptors (Lipinski definition) is 6. The lowest BCUT2D eigenvalue weighted by Gasteiger charge is -2.38. The average molecular weight is 320 g/mol. The first kappa shape index (κ1) is 15.5. The van der Waals surface area contributed by atoms with Crippen LogP contribution in [0, 0.1) is 0 Å². The van der Waals surface area contributed by atoms with Gasteiger partial charge < -0.3 is 9.26 Å². The van der Waals surface area contributed by atoms with Gasteiger partial charge in [0.1, 0.15) is 0 Å². The third-order valence-electron chi connectivity index (χ3n) is 5.45. The van der Waals surface area contributed by atoms with Crippen LogP contribution in [0.1, 0.15) is 62.7 Å². The molecule has 0 unspecified atom stereocenters. The van der Waals surface area contributed by atoms with Crippen molar-refractivity contribution in [2.45, 2.75) is 57.1 Å². The van der Waals surface area contributed by atoms with Gasteiger partial charge in [-0.25, -0.2) is 0 Å². The van der Waals surface area contributed by atoms with Crippen molar-refractivity contribution in [1.82, 2.24) is 19.9 Å². The fraction of sp³-hybridized carbons (Fsp3) is 0.882. The Balaban J connectivity index is 1.26. The molecule has 0 aromatic carbocycles. The highest BCUT2D eigenvalue weighted by molar-refractivity contribution is 5.04. The third-order valence-corrected chi connectivity index (χ3v) is 5.45. The molecule has 0 amide bonds. The number of aromatic nitrogens is 2. The van der Waals surface area contributed by atoms with E-state index in [1.54, 1.807) is 0 Å². The molecule has 2 saturated heterocycles. The molecule has 2 aliphatic heterocycles. The molecule has 6 nitrogen and oxygen atoms in total. The fourth-order valence-corrected chi connectivity index (χ4v) is 3.65. The maximum absolute atomic E-state index is 5.87. The van der Waals surface area contributed by atoms with Gasteiger partial charge in [-0.05, 0) is 39.0 Å². The Morgan fingerprint density at radius 3 is 2.65 bits per heavy atom. The number of hydrogen-bond donors (Lipinski definition) is 0. The summed E-state index contributed by atoms with van der Waals surface area (Å²) in [5, 5.41) is 4.15. The monoisotopic (exact) mass is 320 g/mol. The summed E-state index contributed by atoms with van der Waals surface area (Å²) in [5.74, 6) is 2.27. The average Bonchev–Trinajstić information content (AvgIpc) is 3.33. The lowest BCUT2D eigenvalue weighted by atomic mass is 10.1. The predicted octanol–water partition coefficient (Wildman–Crippen LogP) is 2.19. The topological polar surface area (TPSA) is 54.6 Å².